The summed E-state index contributed by atoms with van der Waals surface area (Å²) in [6.45, 7) is 6.74. The van der Waals surface area contributed by atoms with Gasteiger partial charge in [-0.2, -0.15) is 4.31 Å². The zero-order valence-corrected chi connectivity index (χ0v) is 17.5. The van der Waals surface area contributed by atoms with Crippen molar-refractivity contribution in [1.29, 1.82) is 0 Å². The average Bonchev–Trinajstić information content (AvgIpc) is 2.62. The van der Waals surface area contributed by atoms with Crippen molar-refractivity contribution < 1.29 is 13.2 Å². The Morgan fingerprint density at radius 2 is 1.74 bits per heavy atom. The maximum absolute atomic E-state index is 13.1. The Hall–Kier alpha value is -1.15. The van der Waals surface area contributed by atoms with E-state index in [1.807, 2.05) is 5.01 Å². The largest absolute Gasteiger partial charge is 0.285 e. The van der Waals surface area contributed by atoms with Crippen LogP contribution < -0.4 is 5.43 Å². The summed E-state index contributed by atoms with van der Waals surface area (Å²) in [5, 5.41) is 2.13. The van der Waals surface area contributed by atoms with E-state index in [9.17, 15) is 13.2 Å². The number of hydrogen-bond donors (Lipinski definition) is 1. The van der Waals surface area contributed by atoms with Crippen LogP contribution in [0.15, 0.2) is 23.1 Å². The van der Waals surface area contributed by atoms with E-state index in [1.165, 1.54) is 22.5 Å². The minimum atomic E-state index is -3.65. The van der Waals surface area contributed by atoms with Crippen LogP contribution in [0.3, 0.4) is 0 Å². The van der Waals surface area contributed by atoms with Gasteiger partial charge in [-0.3, -0.25) is 10.2 Å². The second-order valence-corrected chi connectivity index (χ2v) is 10.2. The topological polar surface area (TPSA) is 69.7 Å². The summed E-state index contributed by atoms with van der Waals surface area (Å²) in [6, 6.07) is 4.39. The molecule has 0 aromatic heterocycles. The minimum Gasteiger partial charge on any atom is -0.285 e. The Labute approximate surface area is 166 Å². The monoisotopic (exact) mass is 413 g/mol. The lowest BCUT2D eigenvalue weighted by atomic mass is 9.94. The highest BCUT2D eigenvalue weighted by molar-refractivity contribution is 7.89. The van der Waals surface area contributed by atoms with Crippen molar-refractivity contribution in [2.75, 3.05) is 26.2 Å². The number of nitrogens with zero attached hydrogens (tertiary/aromatic N) is 2. The maximum Gasteiger partial charge on any atom is 0.267 e. The summed E-state index contributed by atoms with van der Waals surface area (Å²) in [4.78, 5) is 12.8. The summed E-state index contributed by atoms with van der Waals surface area (Å²) in [6.07, 6.45) is 4.26. The van der Waals surface area contributed by atoms with Crippen molar-refractivity contribution in [1.82, 2.24) is 14.7 Å². The summed E-state index contributed by atoms with van der Waals surface area (Å²) < 4.78 is 27.7. The number of piperidine rings is 2. The number of nitrogens with one attached hydrogen (secondary N) is 1. The highest BCUT2D eigenvalue weighted by Gasteiger charge is 2.32. The van der Waals surface area contributed by atoms with Crippen LogP contribution in [0.1, 0.15) is 49.9 Å². The first-order chi connectivity index (χ1) is 12.8. The molecule has 2 saturated heterocycles. The molecule has 0 aliphatic carbocycles. The third-order valence-electron chi connectivity index (χ3n) is 5.27. The van der Waals surface area contributed by atoms with Crippen molar-refractivity contribution in [3.8, 4) is 0 Å². The van der Waals surface area contributed by atoms with E-state index in [2.05, 4.69) is 19.3 Å². The van der Waals surface area contributed by atoms with Gasteiger partial charge in [-0.15, -0.1) is 0 Å². The number of hydrazine groups is 1. The van der Waals surface area contributed by atoms with Crippen molar-refractivity contribution in [2.45, 2.75) is 44.4 Å². The van der Waals surface area contributed by atoms with E-state index in [-0.39, 0.29) is 21.4 Å². The molecule has 6 nitrogen and oxygen atoms in total. The van der Waals surface area contributed by atoms with Gasteiger partial charge >= 0.3 is 0 Å². The molecule has 0 saturated carbocycles. The fourth-order valence-corrected chi connectivity index (χ4v) is 5.91. The Balaban J connectivity index is 1.82. The lowest BCUT2D eigenvalue weighted by Crippen LogP contribution is -2.45. The molecule has 2 aliphatic heterocycles. The van der Waals surface area contributed by atoms with E-state index in [0.717, 1.165) is 38.8 Å². The van der Waals surface area contributed by atoms with Crippen LogP contribution >= 0.6 is 11.6 Å². The van der Waals surface area contributed by atoms with Gasteiger partial charge in [0.05, 0.1) is 15.5 Å². The molecule has 8 heteroatoms. The molecule has 2 heterocycles. The second kappa shape index (κ2) is 8.47. The number of halogens is 1. The molecule has 0 bridgehead atoms. The predicted molar refractivity (Wildman–Crippen MR) is 106 cm³/mol. The minimum absolute atomic E-state index is 0.122. The number of sulfonamides is 1. The zero-order valence-electron chi connectivity index (χ0n) is 15.9. The van der Waals surface area contributed by atoms with Crippen LogP contribution in [0.4, 0.5) is 0 Å². The van der Waals surface area contributed by atoms with Crippen LogP contribution in [0.2, 0.25) is 5.02 Å². The molecule has 2 aliphatic rings. The Kier molecular flexibility index (Phi) is 6.46. The molecule has 1 amide bonds. The molecule has 1 aromatic carbocycles. The molecule has 0 unspecified atom stereocenters. The first-order valence-electron chi connectivity index (χ1n) is 9.63. The SMILES string of the molecule is C[C@@H]1C[C@H](C)CN(S(=O)(=O)c2ccc(Cl)c(C(=O)NN3CCCCC3)c2)C1. The quantitative estimate of drug-likeness (QED) is 0.823. The van der Waals surface area contributed by atoms with Gasteiger partial charge in [-0.25, -0.2) is 13.4 Å². The molecular formula is C19H28ClN3O3S. The number of hydrogen-bond acceptors (Lipinski definition) is 4. The molecule has 27 heavy (non-hydrogen) atoms. The first kappa shape index (κ1) is 20.6. The normalized spacial score (nSPS) is 25.3. The fourth-order valence-electron chi connectivity index (χ4n) is 4.00. The van der Waals surface area contributed by atoms with Gasteiger partial charge in [0.25, 0.3) is 5.91 Å². The predicted octanol–water partition coefficient (Wildman–Crippen LogP) is 3.14. The molecule has 1 N–H and O–H groups in total. The van der Waals surface area contributed by atoms with Gasteiger partial charge < -0.3 is 0 Å². The standard InChI is InChI=1S/C19H28ClN3O3S/c1-14-10-15(2)13-23(12-14)27(25,26)16-6-7-18(20)17(11-16)19(24)21-22-8-4-3-5-9-22/h6-7,11,14-15H,3-5,8-10,12-13H2,1-2H3,(H,21,24)/t14-,15+. The van der Waals surface area contributed by atoms with E-state index < -0.39 is 10.0 Å². The summed E-state index contributed by atoms with van der Waals surface area (Å²) in [5.41, 5.74) is 3.05. The number of benzene rings is 1. The molecule has 3 rings (SSSR count). The lowest BCUT2D eigenvalue weighted by molar-refractivity contribution is 0.0750. The molecular weight excluding hydrogens is 386 g/mol. The van der Waals surface area contributed by atoms with Crippen molar-refractivity contribution >= 4 is 27.5 Å². The Morgan fingerprint density at radius 3 is 2.37 bits per heavy atom. The Morgan fingerprint density at radius 1 is 1.11 bits per heavy atom. The summed E-state index contributed by atoms with van der Waals surface area (Å²) in [5.74, 6) is 0.273. The van der Waals surface area contributed by atoms with Gasteiger partial charge in [-0.05, 0) is 49.3 Å². The summed E-state index contributed by atoms with van der Waals surface area (Å²) >= 11 is 6.20. The van der Waals surface area contributed by atoms with E-state index in [4.69, 9.17) is 11.6 Å². The number of carbonyl (C=O) groups excluding carboxylic acids is 1. The first-order valence-corrected chi connectivity index (χ1v) is 11.4. The number of rotatable bonds is 4. The zero-order chi connectivity index (χ0) is 19.6. The van der Waals surface area contributed by atoms with Crippen molar-refractivity contribution in [3.05, 3.63) is 28.8 Å². The molecule has 1 aromatic rings. The van der Waals surface area contributed by atoms with Crippen molar-refractivity contribution in [3.63, 3.8) is 0 Å². The van der Waals surface area contributed by atoms with Gasteiger partial charge in [0.15, 0.2) is 0 Å². The number of amides is 1. The second-order valence-electron chi connectivity index (χ2n) is 7.90. The smallest absolute Gasteiger partial charge is 0.267 e. The van der Waals surface area contributed by atoms with Crippen LogP contribution in [-0.4, -0.2) is 49.8 Å². The van der Waals surface area contributed by atoms with Gasteiger partial charge in [0.2, 0.25) is 10.0 Å². The molecule has 150 valence electrons. The van der Waals surface area contributed by atoms with E-state index in [1.54, 1.807) is 0 Å². The molecule has 0 spiro atoms. The van der Waals surface area contributed by atoms with E-state index in [0.29, 0.717) is 24.9 Å². The fraction of sp³-hybridized carbons (Fsp3) is 0.632. The average molecular weight is 414 g/mol. The Bertz CT molecular complexity index is 783. The molecule has 2 atom stereocenters. The van der Waals surface area contributed by atoms with Crippen LogP contribution in [-0.2, 0) is 10.0 Å². The van der Waals surface area contributed by atoms with Crippen LogP contribution in [0.25, 0.3) is 0 Å². The highest BCUT2D eigenvalue weighted by atomic mass is 35.5. The third-order valence-corrected chi connectivity index (χ3v) is 7.43. The van der Waals surface area contributed by atoms with Gasteiger partial charge in [0.1, 0.15) is 0 Å². The molecule has 2 fully saturated rings. The molecule has 0 radical (unpaired) electrons. The maximum atomic E-state index is 13.1. The highest BCUT2D eigenvalue weighted by Crippen LogP contribution is 2.28. The van der Waals surface area contributed by atoms with Crippen molar-refractivity contribution in [2.24, 2.45) is 11.8 Å². The van der Waals surface area contributed by atoms with Gasteiger partial charge in [0, 0.05) is 26.2 Å². The van der Waals surface area contributed by atoms with Crippen LogP contribution in [0, 0.1) is 11.8 Å². The van der Waals surface area contributed by atoms with E-state index >= 15 is 0 Å². The lowest BCUT2D eigenvalue weighted by Gasteiger charge is -2.34. The third kappa shape index (κ3) is 4.83. The number of carbonyl (C=O) groups is 1. The van der Waals surface area contributed by atoms with Crippen LogP contribution in [0.5, 0.6) is 0 Å². The van der Waals surface area contributed by atoms with Gasteiger partial charge in [-0.1, -0.05) is 31.9 Å². The summed E-state index contributed by atoms with van der Waals surface area (Å²) in [7, 11) is -3.65.